The Morgan fingerprint density at radius 2 is 1.82 bits per heavy atom. The summed E-state index contributed by atoms with van der Waals surface area (Å²) in [5.74, 6) is 0.798. The Hall–Kier alpha value is -2.62. The molecule has 0 aromatic heterocycles. The highest BCUT2D eigenvalue weighted by atomic mass is 16.5. The van der Waals surface area contributed by atoms with E-state index in [1.54, 1.807) is 30.5 Å². The maximum Gasteiger partial charge on any atom is 0.271 e. The van der Waals surface area contributed by atoms with Crippen molar-refractivity contribution in [1.82, 2.24) is 5.43 Å². The molecule has 0 aliphatic carbocycles. The summed E-state index contributed by atoms with van der Waals surface area (Å²) in [7, 11) is 0. The lowest BCUT2D eigenvalue weighted by molar-refractivity contribution is 0.0955. The van der Waals surface area contributed by atoms with Crippen molar-refractivity contribution in [1.29, 1.82) is 0 Å². The fourth-order valence-corrected chi connectivity index (χ4v) is 1.75. The van der Waals surface area contributed by atoms with E-state index in [9.17, 15) is 4.79 Å². The van der Waals surface area contributed by atoms with Crippen LogP contribution in [0.2, 0.25) is 0 Å². The summed E-state index contributed by atoms with van der Waals surface area (Å²) in [6, 6.07) is 16.9. The quantitative estimate of drug-likeness (QED) is 0.653. The van der Waals surface area contributed by atoms with Crippen LogP contribution >= 0.6 is 0 Å². The topological polar surface area (TPSA) is 50.7 Å². The van der Waals surface area contributed by atoms with Crippen molar-refractivity contribution in [3.05, 3.63) is 65.7 Å². The van der Waals surface area contributed by atoms with Gasteiger partial charge < -0.3 is 4.74 Å². The number of ether oxygens (including phenoxy) is 1. The molecule has 0 fully saturated rings. The lowest BCUT2D eigenvalue weighted by Gasteiger charge is -2.07. The fourth-order valence-electron chi connectivity index (χ4n) is 1.75. The molecule has 2 aromatic carbocycles. The predicted octanol–water partition coefficient (Wildman–Crippen LogP) is 3.64. The van der Waals surface area contributed by atoms with Crippen LogP contribution in [0.3, 0.4) is 0 Å². The number of benzene rings is 2. The number of rotatable bonds is 6. The van der Waals surface area contributed by atoms with Crippen molar-refractivity contribution in [2.75, 3.05) is 0 Å². The van der Waals surface area contributed by atoms with Gasteiger partial charge in [0.1, 0.15) is 12.4 Å². The second kappa shape index (κ2) is 7.98. The molecule has 0 heterocycles. The molecule has 2 aromatic rings. The number of nitrogens with one attached hydrogen (secondary N) is 1. The fraction of sp³-hybridized carbons (Fsp3) is 0.222. The molecule has 22 heavy (non-hydrogen) atoms. The molecule has 2 rings (SSSR count). The molecule has 0 atom stereocenters. The number of amides is 1. The molecule has 0 bridgehead atoms. The number of hydrazone groups is 1. The van der Waals surface area contributed by atoms with Gasteiger partial charge in [-0.05, 0) is 35.7 Å². The molecule has 0 unspecified atom stereocenters. The number of hydrogen-bond acceptors (Lipinski definition) is 3. The van der Waals surface area contributed by atoms with E-state index in [1.807, 2.05) is 44.2 Å². The first-order chi connectivity index (χ1) is 10.6. The van der Waals surface area contributed by atoms with Crippen molar-refractivity contribution in [3.63, 3.8) is 0 Å². The maximum absolute atomic E-state index is 11.9. The summed E-state index contributed by atoms with van der Waals surface area (Å²) in [6.45, 7) is 4.49. The van der Waals surface area contributed by atoms with E-state index in [4.69, 9.17) is 4.74 Å². The van der Waals surface area contributed by atoms with E-state index in [2.05, 4.69) is 10.5 Å². The summed E-state index contributed by atoms with van der Waals surface area (Å²) in [6.07, 6.45) is 1.69. The summed E-state index contributed by atoms with van der Waals surface area (Å²) in [5.41, 5.74) is 4.15. The van der Waals surface area contributed by atoms with E-state index in [-0.39, 0.29) is 5.91 Å². The van der Waals surface area contributed by atoms with Crippen LogP contribution in [0.4, 0.5) is 0 Å². The minimum atomic E-state index is -0.230. The normalized spacial score (nSPS) is 10.9. The summed E-state index contributed by atoms with van der Waals surface area (Å²) >= 11 is 0. The van der Waals surface area contributed by atoms with Gasteiger partial charge in [0.15, 0.2) is 0 Å². The van der Waals surface area contributed by atoms with Gasteiger partial charge in [-0.2, -0.15) is 5.10 Å². The SMILES string of the molecule is CC(C)C=NNC(=O)c1ccc(OCc2ccccc2)cc1. The van der Waals surface area contributed by atoms with E-state index in [0.717, 1.165) is 11.3 Å². The van der Waals surface area contributed by atoms with E-state index in [0.29, 0.717) is 18.1 Å². The molecule has 0 radical (unpaired) electrons. The Kier molecular flexibility index (Phi) is 5.72. The first-order valence-electron chi connectivity index (χ1n) is 7.25. The van der Waals surface area contributed by atoms with E-state index in [1.165, 1.54) is 0 Å². The highest BCUT2D eigenvalue weighted by Gasteiger charge is 2.04. The second-order valence-corrected chi connectivity index (χ2v) is 5.26. The molecule has 0 saturated carbocycles. The van der Waals surface area contributed by atoms with Crippen LogP contribution in [0.15, 0.2) is 59.7 Å². The largest absolute Gasteiger partial charge is 0.489 e. The third kappa shape index (κ3) is 5.05. The Labute approximate surface area is 130 Å². The maximum atomic E-state index is 11.9. The van der Waals surface area contributed by atoms with Crippen molar-refractivity contribution in [3.8, 4) is 5.75 Å². The number of hydrogen-bond donors (Lipinski definition) is 1. The monoisotopic (exact) mass is 296 g/mol. The third-order valence-corrected chi connectivity index (χ3v) is 2.90. The molecular weight excluding hydrogens is 276 g/mol. The minimum absolute atomic E-state index is 0.230. The lowest BCUT2D eigenvalue weighted by atomic mass is 10.2. The summed E-state index contributed by atoms with van der Waals surface area (Å²) in [5, 5.41) is 3.89. The molecule has 114 valence electrons. The standard InChI is InChI=1S/C18H20N2O2/c1-14(2)12-19-20-18(21)16-8-10-17(11-9-16)22-13-15-6-4-3-5-7-15/h3-12,14H,13H2,1-2H3,(H,20,21). The van der Waals surface area contributed by atoms with Gasteiger partial charge in [0.05, 0.1) is 0 Å². The van der Waals surface area contributed by atoms with Crippen LogP contribution < -0.4 is 10.2 Å². The molecule has 0 saturated heterocycles. The molecule has 4 heteroatoms. The number of nitrogens with zero attached hydrogens (tertiary/aromatic N) is 1. The highest BCUT2D eigenvalue weighted by Crippen LogP contribution is 2.14. The zero-order valence-electron chi connectivity index (χ0n) is 12.8. The highest BCUT2D eigenvalue weighted by molar-refractivity contribution is 5.94. The summed E-state index contributed by atoms with van der Waals surface area (Å²) < 4.78 is 5.68. The Balaban J connectivity index is 1.88. The number of carbonyl (C=O) groups excluding carboxylic acids is 1. The van der Waals surface area contributed by atoms with Gasteiger partial charge >= 0.3 is 0 Å². The van der Waals surface area contributed by atoms with E-state index < -0.39 is 0 Å². The van der Waals surface area contributed by atoms with Crippen LogP contribution in [0, 0.1) is 5.92 Å². The van der Waals surface area contributed by atoms with Crippen LogP contribution in [0.1, 0.15) is 29.8 Å². The second-order valence-electron chi connectivity index (χ2n) is 5.26. The van der Waals surface area contributed by atoms with Gasteiger partial charge in [-0.15, -0.1) is 0 Å². The Bertz CT molecular complexity index is 619. The van der Waals surface area contributed by atoms with Crippen molar-refractivity contribution >= 4 is 12.1 Å². The minimum Gasteiger partial charge on any atom is -0.489 e. The van der Waals surface area contributed by atoms with Gasteiger partial charge in [-0.25, -0.2) is 5.43 Å². The predicted molar refractivity (Wildman–Crippen MR) is 88.0 cm³/mol. The van der Waals surface area contributed by atoms with Crippen LogP contribution in [0.5, 0.6) is 5.75 Å². The Morgan fingerprint density at radius 3 is 2.45 bits per heavy atom. The van der Waals surface area contributed by atoms with Crippen LogP contribution in [0.25, 0.3) is 0 Å². The van der Waals surface area contributed by atoms with Crippen molar-refractivity contribution in [2.24, 2.45) is 11.0 Å². The summed E-state index contributed by atoms with van der Waals surface area (Å²) in [4.78, 5) is 11.9. The van der Waals surface area contributed by atoms with Gasteiger partial charge in [0, 0.05) is 11.8 Å². The molecule has 4 nitrogen and oxygen atoms in total. The van der Waals surface area contributed by atoms with Crippen molar-refractivity contribution in [2.45, 2.75) is 20.5 Å². The molecule has 1 amide bonds. The lowest BCUT2D eigenvalue weighted by Crippen LogP contribution is -2.17. The Morgan fingerprint density at radius 1 is 1.14 bits per heavy atom. The van der Waals surface area contributed by atoms with Crippen molar-refractivity contribution < 1.29 is 9.53 Å². The van der Waals surface area contributed by atoms with Crippen LogP contribution in [-0.4, -0.2) is 12.1 Å². The zero-order chi connectivity index (χ0) is 15.8. The van der Waals surface area contributed by atoms with Gasteiger partial charge in [-0.1, -0.05) is 44.2 Å². The first kappa shape index (κ1) is 15.8. The first-order valence-corrected chi connectivity index (χ1v) is 7.25. The molecular formula is C18H20N2O2. The van der Waals surface area contributed by atoms with Gasteiger partial charge in [0.2, 0.25) is 0 Å². The van der Waals surface area contributed by atoms with E-state index >= 15 is 0 Å². The number of carbonyl (C=O) groups is 1. The van der Waals surface area contributed by atoms with Gasteiger partial charge in [-0.3, -0.25) is 4.79 Å². The third-order valence-electron chi connectivity index (χ3n) is 2.90. The zero-order valence-corrected chi connectivity index (χ0v) is 12.8. The molecule has 0 aliphatic heterocycles. The smallest absolute Gasteiger partial charge is 0.271 e. The van der Waals surface area contributed by atoms with Gasteiger partial charge in [0.25, 0.3) is 5.91 Å². The molecule has 0 spiro atoms. The molecule has 0 aliphatic rings. The average molecular weight is 296 g/mol. The molecule has 1 N–H and O–H groups in total. The average Bonchev–Trinajstić information content (AvgIpc) is 2.54. The van der Waals surface area contributed by atoms with Crippen LogP contribution in [-0.2, 0) is 6.61 Å².